The van der Waals surface area contributed by atoms with Crippen molar-refractivity contribution in [2.75, 3.05) is 13.2 Å². The largest absolute Gasteiger partial charge is 0.373 e. The van der Waals surface area contributed by atoms with Gasteiger partial charge < -0.3 is 9.47 Å². The summed E-state index contributed by atoms with van der Waals surface area (Å²) < 4.78 is 13.8. The molecule has 0 amide bonds. The van der Waals surface area contributed by atoms with E-state index in [-0.39, 0.29) is 11.8 Å². The zero-order chi connectivity index (χ0) is 22.6. The summed E-state index contributed by atoms with van der Waals surface area (Å²) in [6.45, 7) is 9.29. The Hall–Kier alpha value is -1.46. The molecule has 4 atom stereocenters. The van der Waals surface area contributed by atoms with Crippen LogP contribution >= 0.6 is 15.9 Å². The first-order valence-corrected chi connectivity index (χ1v) is 12.7. The molecule has 2 aliphatic rings. The Morgan fingerprint density at radius 3 is 2.59 bits per heavy atom. The summed E-state index contributed by atoms with van der Waals surface area (Å²) >= 11 is 3.78. The van der Waals surface area contributed by atoms with Crippen molar-refractivity contribution in [3.63, 3.8) is 0 Å². The van der Waals surface area contributed by atoms with Gasteiger partial charge in [0.2, 0.25) is 0 Å². The predicted molar refractivity (Wildman–Crippen MR) is 134 cm³/mol. The van der Waals surface area contributed by atoms with Gasteiger partial charge in [-0.3, -0.25) is 4.90 Å². The lowest BCUT2D eigenvalue weighted by Gasteiger charge is -2.57. The van der Waals surface area contributed by atoms with Crippen LogP contribution in [0.1, 0.15) is 57.4 Å². The molecule has 32 heavy (non-hydrogen) atoms. The molecule has 1 aliphatic heterocycles. The van der Waals surface area contributed by atoms with Crippen molar-refractivity contribution in [2.45, 2.75) is 64.5 Å². The molecule has 0 spiro atoms. The minimum absolute atomic E-state index is 0.0537. The van der Waals surface area contributed by atoms with E-state index in [1.165, 1.54) is 24.0 Å². The molecule has 0 bridgehead atoms. The fourth-order valence-electron chi connectivity index (χ4n) is 5.36. The maximum absolute atomic E-state index is 6.84. The van der Waals surface area contributed by atoms with Gasteiger partial charge in [-0.2, -0.15) is 0 Å². The van der Waals surface area contributed by atoms with E-state index in [9.17, 15) is 0 Å². The number of benzene rings is 2. The number of hydrogen-bond donors (Lipinski definition) is 0. The van der Waals surface area contributed by atoms with E-state index >= 15 is 0 Å². The maximum atomic E-state index is 6.84. The topological polar surface area (TPSA) is 21.7 Å². The summed E-state index contributed by atoms with van der Waals surface area (Å²) in [5.41, 5.74) is 2.47. The van der Waals surface area contributed by atoms with Gasteiger partial charge in [0.05, 0.1) is 19.3 Å². The number of hydrogen-bond acceptors (Lipinski definition) is 3. The average molecular weight is 499 g/mol. The Kier molecular flexibility index (Phi) is 7.88. The number of halogens is 1. The standard InChI is InChI=1S/C28H36BrNO2/c1-21-15-16-24-26(19-21)32-27(23-13-7-8-14-25(23)29)30(28(24,2)3)17-9-10-18-31-20-22-11-5-4-6-12-22/h4-14,21,24,26-27H,15-20H2,1-3H3/b10-9+/t21-,24-,26-,27+/m1/s1. The molecule has 172 valence electrons. The Labute approximate surface area is 201 Å². The number of rotatable bonds is 7. The molecule has 0 unspecified atom stereocenters. The first-order chi connectivity index (χ1) is 15.5. The van der Waals surface area contributed by atoms with Crippen molar-refractivity contribution in [1.29, 1.82) is 0 Å². The minimum atomic E-state index is -0.0537. The Bertz CT molecular complexity index is 897. The van der Waals surface area contributed by atoms with Crippen molar-refractivity contribution < 1.29 is 9.47 Å². The number of fused-ring (bicyclic) bond motifs is 1. The molecule has 2 aromatic carbocycles. The van der Waals surface area contributed by atoms with Crippen LogP contribution in [0.15, 0.2) is 71.2 Å². The molecule has 0 N–H and O–H groups in total. The Morgan fingerprint density at radius 2 is 1.81 bits per heavy atom. The third kappa shape index (κ3) is 5.36. The summed E-state index contributed by atoms with van der Waals surface area (Å²) in [5.74, 6) is 1.29. The highest BCUT2D eigenvalue weighted by Gasteiger charge is 2.50. The Balaban J connectivity index is 1.47. The van der Waals surface area contributed by atoms with Gasteiger partial charge in [-0.1, -0.05) is 90.0 Å². The quantitative estimate of drug-likeness (QED) is 0.299. The van der Waals surface area contributed by atoms with Gasteiger partial charge in [-0.05, 0) is 44.2 Å². The van der Waals surface area contributed by atoms with Crippen molar-refractivity contribution in [3.8, 4) is 0 Å². The lowest BCUT2D eigenvalue weighted by atomic mass is 9.69. The molecule has 4 heteroatoms. The SMILES string of the molecule is C[C@@H]1CC[C@@H]2[C@@H](C1)O[C@@H](c1ccccc1Br)N(C/C=C/COCc1ccccc1)C2(C)C. The number of ether oxygens (including phenoxy) is 2. The van der Waals surface area contributed by atoms with Crippen LogP contribution < -0.4 is 0 Å². The van der Waals surface area contributed by atoms with Gasteiger partial charge in [0, 0.05) is 28.0 Å². The van der Waals surface area contributed by atoms with E-state index in [2.05, 4.69) is 90.2 Å². The van der Waals surface area contributed by atoms with E-state index in [4.69, 9.17) is 9.47 Å². The third-order valence-corrected chi connectivity index (χ3v) is 7.98. The van der Waals surface area contributed by atoms with Crippen molar-refractivity contribution in [3.05, 3.63) is 82.3 Å². The summed E-state index contributed by atoms with van der Waals surface area (Å²) in [6, 6.07) is 18.8. The normalized spacial score (nSPS) is 28.0. The van der Waals surface area contributed by atoms with Crippen LogP contribution in [-0.4, -0.2) is 29.7 Å². The second-order valence-electron chi connectivity index (χ2n) is 9.85. The molecule has 3 nitrogen and oxygen atoms in total. The van der Waals surface area contributed by atoms with Crippen LogP contribution in [-0.2, 0) is 16.1 Å². The smallest absolute Gasteiger partial charge is 0.138 e. The fraction of sp³-hybridized carbons (Fsp3) is 0.500. The third-order valence-electron chi connectivity index (χ3n) is 7.25. The highest BCUT2D eigenvalue weighted by Crippen LogP contribution is 2.49. The Morgan fingerprint density at radius 1 is 1.06 bits per heavy atom. The lowest BCUT2D eigenvalue weighted by molar-refractivity contribution is -0.234. The van der Waals surface area contributed by atoms with E-state index in [0.29, 0.717) is 25.2 Å². The van der Waals surface area contributed by atoms with E-state index < -0.39 is 0 Å². The molecule has 2 fully saturated rings. The van der Waals surface area contributed by atoms with Gasteiger partial charge >= 0.3 is 0 Å². The zero-order valence-corrected chi connectivity index (χ0v) is 21.1. The van der Waals surface area contributed by atoms with Crippen LogP contribution in [0.2, 0.25) is 0 Å². The van der Waals surface area contributed by atoms with Crippen LogP contribution in [0.25, 0.3) is 0 Å². The van der Waals surface area contributed by atoms with Crippen LogP contribution in [0, 0.1) is 11.8 Å². The van der Waals surface area contributed by atoms with Crippen LogP contribution in [0.5, 0.6) is 0 Å². The van der Waals surface area contributed by atoms with Crippen LogP contribution in [0.3, 0.4) is 0 Å². The second-order valence-corrected chi connectivity index (χ2v) is 10.7. The highest BCUT2D eigenvalue weighted by atomic mass is 79.9. The molecule has 0 radical (unpaired) electrons. The zero-order valence-electron chi connectivity index (χ0n) is 19.5. The molecule has 1 saturated carbocycles. The first kappa shape index (κ1) is 23.7. The maximum Gasteiger partial charge on any atom is 0.138 e. The first-order valence-electron chi connectivity index (χ1n) is 11.9. The van der Waals surface area contributed by atoms with Crippen molar-refractivity contribution in [2.24, 2.45) is 11.8 Å². The van der Waals surface area contributed by atoms with Crippen LogP contribution in [0.4, 0.5) is 0 Å². The van der Waals surface area contributed by atoms with E-state index in [0.717, 1.165) is 23.4 Å². The highest BCUT2D eigenvalue weighted by molar-refractivity contribution is 9.10. The molecular weight excluding hydrogens is 462 g/mol. The van der Waals surface area contributed by atoms with Gasteiger partial charge in [-0.15, -0.1) is 0 Å². The summed E-state index contributed by atoms with van der Waals surface area (Å²) in [4.78, 5) is 2.54. The molecule has 1 aliphatic carbocycles. The summed E-state index contributed by atoms with van der Waals surface area (Å²) in [7, 11) is 0. The fourth-order valence-corrected chi connectivity index (χ4v) is 5.84. The van der Waals surface area contributed by atoms with Gasteiger partial charge in [0.15, 0.2) is 0 Å². The molecule has 4 rings (SSSR count). The summed E-state index contributed by atoms with van der Waals surface area (Å²) in [5, 5.41) is 0. The monoisotopic (exact) mass is 497 g/mol. The van der Waals surface area contributed by atoms with E-state index in [1.54, 1.807) is 0 Å². The van der Waals surface area contributed by atoms with Crippen molar-refractivity contribution >= 4 is 15.9 Å². The average Bonchev–Trinajstić information content (AvgIpc) is 2.78. The lowest BCUT2D eigenvalue weighted by Crippen LogP contribution is -2.61. The number of nitrogens with zero attached hydrogens (tertiary/aromatic N) is 1. The second kappa shape index (κ2) is 10.6. The summed E-state index contributed by atoms with van der Waals surface area (Å²) in [6.07, 6.45) is 8.34. The predicted octanol–water partition coefficient (Wildman–Crippen LogP) is 7.14. The molecule has 1 saturated heterocycles. The van der Waals surface area contributed by atoms with Gasteiger partial charge in [0.1, 0.15) is 6.23 Å². The van der Waals surface area contributed by atoms with Gasteiger partial charge in [-0.25, -0.2) is 0 Å². The van der Waals surface area contributed by atoms with E-state index in [1.807, 2.05) is 18.2 Å². The minimum Gasteiger partial charge on any atom is -0.373 e. The van der Waals surface area contributed by atoms with Crippen molar-refractivity contribution in [1.82, 2.24) is 4.90 Å². The van der Waals surface area contributed by atoms with Gasteiger partial charge in [0.25, 0.3) is 0 Å². The molecule has 1 heterocycles. The molecule has 0 aromatic heterocycles. The molecular formula is C28H36BrNO2. The molecule has 2 aromatic rings.